The average Bonchev–Trinajstić information content (AvgIpc) is 2.74. The molecule has 160 valence electrons. The lowest BCUT2D eigenvalue weighted by molar-refractivity contribution is -0.385. The Labute approximate surface area is 179 Å². The summed E-state index contributed by atoms with van der Waals surface area (Å²) in [7, 11) is 1.38. The summed E-state index contributed by atoms with van der Waals surface area (Å²) >= 11 is 1.34. The van der Waals surface area contributed by atoms with Crippen LogP contribution < -0.4 is 10.1 Å². The number of anilines is 1. The van der Waals surface area contributed by atoms with Crippen molar-refractivity contribution in [3.63, 3.8) is 0 Å². The molecule has 0 saturated carbocycles. The summed E-state index contributed by atoms with van der Waals surface area (Å²) in [5, 5.41) is 13.9. The summed E-state index contributed by atoms with van der Waals surface area (Å²) < 4.78 is 4.99. The molecule has 0 heterocycles. The van der Waals surface area contributed by atoms with Crippen molar-refractivity contribution in [1.82, 2.24) is 4.90 Å². The smallest absolute Gasteiger partial charge is 0.311 e. The highest BCUT2D eigenvalue weighted by Gasteiger charge is 2.16. The standard InChI is InChI=1S/C21H25N3O5S/c1-4-23(5-2)21(26)16-7-6-8-17(12-16)22-20(25)14-30-13-15-9-10-19(29-3)18(11-15)24(27)28/h6-12H,4-5,13-14H2,1-3H3,(H,22,25). The number of nitrogens with one attached hydrogen (secondary N) is 1. The zero-order chi connectivity index (χ0) is 22.1. The molecule has 0 aliphatic rings. The van der Waals surface area contributed by atoms with E-state index in [4.69, 9.17) is 4.74 Å². The van der Waals surface area contributed by atoms with Gasteiger partial charge in [-0.1, -0.05) is 12.1 Å². The number of ether oxygens (including phenoxy) is 1. The zero-order valence-electron chi connectivity index (χ0n) is 17.2. The van der Waals surface area contributed by atoms with Gasteiger partial charge >= 0.3 is 5.69 Å². The fourth-order valence-electron chi connectivity index (χ4n) is 2.85. The minimum absolute atomic E-state index is 0.0772. The summed E-state index contributed by atoms with van der Waals surface area (Å²) in [6, 6.07) is 11.6. The van der Waals surface area contributed by atoms with Crippen LogP contribution in [0.25, 0.3) is 0 Å². The van der Waals surface area contributed by atoms with Crippen LogP contribution in [0.5, 0.6) is 5.75 Å². The maximum Gasteiger partial charge on any atom is 0.311 e. The van der Waals surface area contributed by atoms with E-state index in [1.165, 1.54) is 24.9 Å². The van der Waals surface area contributed by atoms with Crippen LogP contribution in [0.3, 0.4) is 0 Å². The lowest BCUT2D eigenvalue weighted by atomic mass is 10.1. The second-order valence-corrected chi connectivity index (χ2v) is 7.35. The van der Waals surface area contributed by atoms with E-state index >= 15 is 0 Å². The molecule has 0 aliphatic heterocycles. The number of methoxy groups -OCH3 is 1. The largest absolute Gasteiger partial charge is 0.490 e. The number of rotatable bonds is 10. The van der Waals surface area contributed by atoms with Crippen molar-refractivity contribution in [2.75, 3.05) is 31.3 Å². The first-order valence-electron chi connectivity index (χ1n) is 9.47. The Balaban J connectivity index is 1.93. The first-order valence-corrected chi connectivity index (χ1v) is 10.6. The van der Waals surface area contributed by atoms with Crippen molar-refractivity contribution in [3.05, 3.63) is 63.7 Å². The predicted molar refractivity (Wildman–Crippen MR) is 118 cm³/mol. The van der Waals surface area contributed by atoms with Crippen LogP contribution in [0, 0.1) is 10.1 Å². The zero-order valence-corrected chi connectivity index (χ0v) is 18.0. The van der Waals surface area contributed by atoms with Crippen molar-refractivity contribution in [2.24, 2.45) is 0 Å². The fraction of sp³-hybridized carbons (Fsp3) is 0.333. The third-order valence-corrected chi connectivity index (χ3v) is 5.39. The number of carbonyl (C=O) groups is 2. The molecule has 0 aliphatic carbocycles. The van der Waals surface area contributed by atoms with Gasteiger partial charge in [-0.25, -0.2) is 0 Å². The minimum atomic E-state index is -0.494. The van der Waals surface area contributed by atoms with Gasteiger partial charge in [-0.2, -0.15) is 0 Å². The van der Waals surface area contributed by atoms with Crippen LogP contribution in [-0.2, 0) is 10.5 Å². The molecule has 0 fully saturated rings. The van der Waals surface area contributed by atoms with Gasteiger partial charge < -0.3 is 15.0 Å². The van der Waals surface area contributed by atoms with Crippen LogP contribution in [0.15, 0.2) is 42.5 Å². The number of amides is 2. The maximum absolute atomic E-state index is 12.4. The predicted octanol–water partition coefficient (Wildman–Crippen LogP) is 3.96. The third kappa shape index (κ3) is 6.21. The van der Waals surface area contributed by atoms with Gasteiger partial charge in [-0.05, 0) is 43.7 Å². The molecule has 9 heteroatoms. The lowest BCUT2D eigenvalue weighted by Gasteiger charge is -2.19. The molecule has 0 unspecified atom stereocenters. The second-order valence-electron chi connectivity index (χ2n) is 6.36. The first-order chi connectivity index (χ1) is 14.4. The molecular weight excluding hydrogens is 406 g/mol. The summed E-state index contributed by atoms with van der Waals surface area (Å²) in [5.74, 6) is 0.528. The molecule has 0 bridgehead atoms. The van der Waals surface area contributed by atoms with Gasteiger partial charge in [0.1, 0.15) is 0 Å². The Kier molecular flexibility index (Phi) is 8.67. The Morgan fingerprint density at radius 3 is 2.53 bits per heavy atom. The summed E-state index contributed by atoms with van der Waals surface area (Å²) in [5.41, 5.74) is 1.70. The molecular formula is C21H25N3O5S. The highest BCUT2D eigenvalue weighted by Crippen LogP contribution is 2.29. The Morgan fingerprint density at radius 2 is 1.90 bits per heavy atom. The summed E-state index contributed by atoms with van der Waals surface area (Å²) in [4.78, 5) is 37.0. The Hall–Kier alpha value is -3.07. The van der Waals surface area contributed by atoms with Gasteiger partial charge in [-0.15, -0.1) is 11.8 Å². The molecule has 0 saturated heterocycles. The molecule has 30 heavy (non-hydrogen) atoms. The number of nitro benzene ring substituents is 1. The van der Waals surface area contributed by atoms with E-state index < -0.39 is 4.92 Å². The molecule has 2 rings (SSSR count). The highest BCUT2D eigenvalue weighted by molar-refractivity contribution is 7.99. The summed E-state index contributed by atoms with van der Waals surface area (Å²) in [6.07, 6.45) is 0. The van der Waals surface area contributed by atoms with Gasteiger partial charge in [-0.3, -0.25) is 19.7 Å². The molecule has 1 N–H and O–H groups in total. The molecule has 2 amide bonds. The van der Waals surface area contributed by atoms with E-state index in [9.17, 15) is 19.7 Å². The van der Waals surface area contributed by atoms with Crippen molar-refractivity contribution in [2.45, 2.75) is 19.6 Å². The minimum Gasteiger partial charge on any atom is -0.490 e. The van der Waals surface area contributed by atoms with Gasteiger partial charge in [0.25, 0.3) is 5.91 Å². The SMILES string of the molecule is CCN(CC)C(=O)c1cccc(NC(=O)CSCc2ccc(OC)c([N+](=O)[O-])c2)c1. The second kappa shape index (κ2) is 11.2. The number of carbonyl (C=O) groups excluding carboxylic acids is 2. The van der Waals surface area contributed by atoms with Crippen LogP contribution in [-0.4, -0.2) is 47.6 Å². The maximum atomic E-state index is 12.4. The van der Waals surface area contributed by atoms with E-state index in [1.807, 2.05) is 13.8 Å². The normalized spacial score (nSPS) is 10.4. The van der Waals surface area contributed by atoms with E-state index in [2.05, 4.69) is 5.32 Å². The lowest BCUT2D eigenvalue weighted by Crippen LogP contribution is -2.30. The van der Waals surface area contributed by atoms with Crippen molar-refractivity contribution >= 4 is 35.0 Å². The quantitative estimate of drug-likeness (QED) is 0.451. The van der Waals surface area contributed by atoms with Gasteiger partial charge in [0, 0.05) is 36.2 Å². The number of thioether (sulfide) groups is 1. The number of nitro groups is 1. The summed E-state index contributed by atoms with van der Waals surface area (Å²) in [6.45, 7) is 5.07. The average molecular weight is 432 g/mol. The van der Waals surface area contributed by atoms with E-state index in [0.717, 1.165) is 5.56 Å². The number of hydrogen-bond acceptors (Lipinski definition) is 6. The van der Waals surface area contributed by atoms with Crippen LogP contribution in [0.1, 0.15) is 29.8 Å². The number of benzene rings is 2. The number of hydrogen-bond donors (Lipinski definition) is 1. The monoisotopic (exact) mass is 431 g/mol. The molecule has 0 aromatic heterocycles. The molecule has 2 aromatic carbocycles. The van der Waals surface area contributed by atoms with Gasteiger partial charge in [0.05, 0.1) is 17.8 Å². The van der Waals surface area contributed by atoms with Crippen LogP contribution >= 0.6 is 11.8 Å². The third-order valence-electron chi connectivity index (χ3n) is 4.39. The van der Waals surface area contributed by atoms with Gasteiger partial charge in [0.2, 0.25) is 5.91 Å². The van der Waals surface area contributed by atoms with Crippen molar-refractivity contribution < 1.29 is 19.2 Å². The van der Waals surface area contributed by atoms with E-state index in [-0.39, 0.29) is 29.0 Å². The topological polar surface area (TPSA) is 102 Å². The van der Waals surface area contributed by atoms with E-state index in [0.29, 0.717) is 30.1 Å². The van der Waals surface area contributed by atoms with Crippen molar-refractivity contribution in [1.29, 1.82) is 0 Å². The Bertz CT molecular complexity index is 915. The van der Waals surface area contributed by atoms with Crippen molar-refractivity contribution in [3.8, 4) is 5.75 Å². The molecule has 0 atom stereocenters. The first kappa shape index (κ1) is 23.2. The van der Waals surface area contributed by atoms with E-state index in [1.54, 1.807) is 41.3 Å². The molecule has 2 aromatic rings. The molecule has 8 nitrogen and oxygen atoms in total. The van der Waals surface area contributed by atoms with Gasteiger partial charge in [0.15, 0.2) is 5.75 Å². The highest BCUT2D eigenvalue weighted by atomic mass is 32.2. The van der Waals surface area contributed by atoms with Crippen LogP contribution in [0.2, 0.25) is 0 Å². The Morgan fingerprint density at radius 1 is 1.17 bits per heavy atom. The molecule has 0 radical (unpaired) electrons. The molecule has 0 spiro atoms. The fourth-order valence-corrected chi connectivity index (χ4v) is 3.62. The van der Waals surface area contributed by atoms with Crippen LogP contribution in [0.4, 0.5) is 11.4 Å². The number of nitrogens with zero attached hydrogens (tertiary/aromatic N) is 2.